The molecular formula is C19H29NO4. The minimum atomic E-state index is -0.402. The molecule has 2 rings (SSSR count). The van der Waals surface area contributed by atoms with Gasteiger partial charge in [-0.3, -0.25) is 4.90 Å². The van der Waals surface area contributed by atoms with Crippen LogP contribution in [-0.2, 0) is 4.74 Å². The second kappa shape index (κ2) is 8.92. The standard InChI is InChI=1S/C19H29NO4/c1-4-23-18-12-15(21)8-9-16(18)19(22)24-13-17(14(2)3)20-10-6-5-7-11-20/h8-9,12,14,17,21H,4-7,10-11,13H2,1-3H3/t17-/m1/s1. The molecule has 0 aromatic heterocycles. The van der Waals surface area contributed by atoms with E-state index in [0.29, 0.717) is 30.4 Å². The maximum Gasteiger partial charge on any atom is 0.341 e. The number of likely N-dealkylation sites (tertiary alicyclic amines) is 1. The molecule has 0 amide bonds. The fourth-order valence-corrected chi connectivity index (χ4v) is 3.16. The first-order valence-electron chi connectivity index (χ1n) is 8.90. The summed E-state index contributed by atoms with van der Waals surface area (Å²) in [6, 6.07) is 4.71. The van der Waals surface area contributed by atoms with E-state index in [1.165, 1.54) is 31.4 Å². The molecule has 5 nitrogen and oxygen atoms in total. The Balaban J connectivity index is 2.02. The lowest BCUT2D eigenvalue weighted by atomic mass is 10.00. The van der Waals surface area contributed by atoms with E-state index in [-0.39, 0.29) is 11.8 Å². The largest absolute Gasteiger partial charge is 0.508 e. The summed E-state index contributed by atoms with van der Waals surface area (Å²) >= 11 is 0. The predicted molar refractivity (Wildman–Crippen MR) is 93.6 cm³/mol. The number of rotatable bonds is 7. The second-order valence-electron chi connectivity index (χ2n) is 6.62. The molecule has 24 heavy (non-hydrogen) atoms. The number of nitrogens with zero attached hydrogens (tertiary/aromatic N) is 1. The molecule has 0 unspecified atom stereocenters. The highest BCUT2D eigenvalue weighted by Gasteiger charge is 2.25. The highest BCUT2D eigenvalue weighted by molar-refractivity contribution is 5.92. The summed E-state index contributed by atoms with van der Waals surface area (Å²) in [6.45, 7) is 9.12. The molecule has 0 spiro atoms. The number of benzene rings is 1. The summed E-state index contributed by atoms with van der Waals surface area (Å²) in [7, 11) is 0. The fraction of sp³-hybridized carbons (Fsp3) is 0.632. The van der Waals surface area contributed by atoms with Crippen LogP contribution in [0.1, 0.15) is 50.4 Å². The van der Waals surface area contributed by atoms with Crippen molar-refractivity contribution in [1.82, 2.24) is 4.90 Å². The quantitative estimate of drug-likeness (QED) is 0.773. The van der Waals surface area contributed by atoms with Gasteiger partial charge in [0.15, 0.2) is 0 Å². The van der Waals surface area contributed by atoms with Crippen molar-refractivity contribution >= 4 is 5.97 Å². The molecule has 0 aliphatic carbocycles. The molecule has 1 aliphatic heterocycles. The van der Waals surface area contributed by atoms with E-state index in [2.05, 4.69) is 18.7 Å². The fourth-order valence-electron chi connectivity index (χ4n) is 3.16. The van der Waals surface area contributed by atoms with Crippen LogP contribution >= 0.6 is 0 Å². The summed E-state index contributed by atoms with van der Waals surface area (Å²) in [5.74, 6) is 0.452. The van der Waals surface area contributed by atoms with Crippen molar-refractivity contribution in [2.24, 2.45) is 5.92 Å². The molecule has 134 valence electrons. The molecule has 0 radical (unpaired) electrons. The van der Waals surface area contributed by atoms with Crippen LogP contribution in [-0.4, -0.2) is 48.3 Å². The number of piperidine rings is 1. The van der Waals surface area contributed by atoms with Gasteiger partial charge >= 0.3 is 5.97 Å². The Hall–Kier alpha value is -1.75. The number of ether oxygens (including phenoxy) is 2. The Labute approximate surface area is 144 Å². The van der Waals surface area contributed by atoms with Crippen LogP contribution < -0.4 is 4.74 Å². The van der Waals surface area contributed by atoms with Gasteiger partial charge in [0.2, 0.25) is 0 Å². The van der Waals surface area contributed by atoms with Crippen molar-refractivity contribution in [2.75, 3.05) is 26.3 Å². The van der Waals surface area contributed by atoms with Gasteiger partial charge < -0.3 is 14.6 Å². The number of phenolic OH excluding ortho intramolecular Hbond substituents is 1. The van der Waals surface area contributed by atoms with Crippen molar-refractivity contribution in [3.8, 4) is 11.5 Å². The summed E-state index contributed by atoms with van der Waals surface area (Å²) in [5.41, 5.74) is 0.357. The third kappa shape index (κ3) is 4.87. The molecule has 1 fully saturated rings. The van der Waals surface area contributed by atoms with E-state index in [9.17, 15) is 9.90 Å². The lowest BCUT2D eigenvalue weighted by molar-refractivity contribution is 0.0230. The van der Waals surface area contributed by atoms with Crippen LogP contribution in [0, 0.1) is 5.92 Å². The van der Waals surface area contributed by atoms with Crippen molar-refractivity contribution in [3.05, 3.63) is 23.8 Å². The Morgan fingerprint density at radius 3 is 2.58 bits per heavy atom. The maximum absolute atomic E-state index is 12.5. The molecule has 5 heteroatoms. The third-order valence-electron chi connectivity index (χ3n) is 4.50. The van der Waals surface area contributed by atoms with Crippen molar-refractivity contribution in [3.63, 3.8) is 0 Å². The van der Waals surface area contributed by atoms with Crippen LogP contribution in [0.4, 0.5) is 0 Å². The smallest absolute Gasteiger partial charge is 0.341 e. The minimum Gasteiger partial charge on any atom is -0.508 e. The molecule has 1 aromatic rings. The zero-order chi connectivity index (χ0) is 17.5. The van der Waals surface area contributed by atoms with E-state index >= 15 is 0 Å². The van der Waals surface area contributed by atoms with Crippen LogP contribution in [0.3, 0.4) is 0 Å². The highest BCUT2D eigenvalue weighted by atomic mass is 16.5. The molecular weight excluding hydrogens is 306 g/mol. The molecule has 0 saturated carbocycles. The van der Waals surface area contributed by atoms with Crippen molar-refractivity contribution in [2.45, 2.75) is 46.1 Å². The second-order valence-corrected chi connectivity index (χ2v) is 6.62. The number of phenols is 1. The van der Waals surface area contributed by atoms with Gasteiger partial charge in [-0.15, -0.1) is 0 Å². The first kappa shape index (κ1) is 18.6. The minimum absolute atomic E-state index is 0.0726. The molecule has 1 atom stereocenters. The van der Waals surface area contributed by atoms with Gasteiger partial charge in [0.1, 0.15) is 23.7 Å². The van der Waals surface area contributed by atoms with Crippen molar-refractivity contribution < 1.29 is 19.4 Å². The lowest BCUT2D eigenvalue weighted by Crippen LogP contribution is -2.45. The first-order valence-corrected chi connectivity index (χ1v) is 8.90. The van der Waals surface area contributed by atoms with E-state index in [1.807, 2.05) is 6.92 Å². The third-order valence-corrected chi connectivity index (χ3v) is 4.50. The molecule has 1 N–H and O–H groups in total. The van der Waals surface area contributed by atoms with Gasteiger partial charge in [-0.25, -0.2) is 4.79 Å². The number of carbonyl (C=O) groups is 1. The van der Waals surface area contributed by atoms with Gasteiger partial charge in [0, 0.05) is 12.1 Å². The molecule has 0 bridgehead atoms. The topological polar surface area (TPSA) is 59.0 Å². The number of hydrogen-bond donors (Lipinski definition) is 1. The van der Waals surface area contributed by atoms with E-state index in [0.717, 1.165) is 13.1 Å². The van der Waals surface area contributed by atoms with Gasteiger partial charge in [0.25, 0.3) is 0 Å². The van der Waals surface area contributed by atoms with Gasteiger partial charge in [-0.05, 0) is 50.9 Å². The zero-order valence-corrected chi connectivity index (χ0v) is 15.0. The number of hydrogen-bond acceptors (Lipinski definition) is 5. The van der Waals surface area contributed by atoms with Crippen LogP contribution in [0.25, 0.3) is 0 Å². The van der Waals surface area contributed by atoms with Gasteiger partial charge in [-0.2, -0.15) is 0 Å². The maximum atomic E-state index is 12.5. The summed E-state index contributed by atoms with van der Waals surface area (Å²) in [6.07, 6.45) is 3.71. The summed E-state index contributed by atoms with van der Waals surface area (Å²) in [5, 5.41) is 9.57. The Kier molecular flexibility index (Phi) is 6.91. The van der Waals surface area contributed by atoms with Crippen molar-refractivity contribution in [1.29, 1.82) is 0 Å². The molecule has 1 saturated heterocycles. The van der Waals surface area contributed by atoms with Gasteiger partial charge in [0.05, 0.1) is 6.61 Å². The van der Waals surface area contributed by atoms with E-state index in [4.69, 9.17) is 9.47 Å². The van der Waals surface area contributed by atoms with Crippen LogP contribution in [0.5, 0.6) is 11.5 Å². The Morgan fingerprint density at radius 2 is 1.96 bits per heavy atom. The number of esters is 1. The lowest BCUT2D eigenvalue weighted by Gasteiger charge is -2.36. The Morgan fingerprint density at radius 1 is 1.25 bits per heavy atom. The predicted octanol–water partition coefficient (Wildman–Crippen LogP) is 3.46. The van der Waals surface area contributed by atoms with E-state index in [1.54, 1.807) is 6.07 Å². The zero-order valence-electron chi connectivity index (χ0n) is 15.0. The number of aromatic hydroxyl groups is 1. The average molecular weight is 335 g/mol. The molecule has 1 heterocycles. The monoisotopic (exact) mass is 335 g/mol. The van der Waals surface area contributed by atoms with E-state index < -0.39 is 5.97 Å². The first-order chi connectivity index (χ1) is 11.5. The summed E-state index contributed by atoms with van der Waals surface area (Å²) < 4.78 is 11.0. The average Bonchev–Trinajstić information content (AvgIpc) is 2.56. The Bertz CT molecular complexity index is 538. The summed E-state index contributed by atoms with van der Waals surface area (Å²) in [4.78, 5) is 14.9. The number of carbonyl (C=O) groups excluding carboxylic acids is 1. The van der Waals surface area contributed by atoms with Gasteiger partial charge in [-0.1, -0.05) is 20.3 Å². The molecule has 1 aromatic carbocycles. The molecule has 1 aliphatic rings. The van der Waals surface area contributed by atoms with Crippen LogP contribution in [0.2, 0.25) is 0 Å². The SMILES string of the molecule is CCOc1cc(O)ccc1C(=O)OC[C@H](C(C)C)N1CCCCC1. The van der Waals surface area contributed by atoms with Crippen LogP contribution in [0.15, 0.2) is 18.2 Å². The normalized spacial score (nSPS) is 16.8. The highest BCUT2D eigenvalue weighted by Crippen LogP contribution is 2.25.